The Morgan fingerprint density at radius 2 is 2.40 bits per heavy atom. The lowest BCUT2D eigenvalue weighted by Crippen LogP contribution is -2.37. The van der Waals surface area contributed by atoms with Gasteiger partial charge in [-0.15, -0.1) is 0 Å². The minimum Gasteiger partial charge on any atom is -0.338 e. The van der Waals surface area contributed by atoms with Gasteiger partial charge in [-0.2, -0.15) is 5.26 Å². The van der Waals surface area contributed by atoms with Crippen LogP contribution in [0, 0.1) is 22.7 Å². The third kappa shape index (κ3) is 2.20. The van der Waals surface area contributed by atoms with Gasteiger partial charge in [-0.25, -0.2) is 0 Å². The Morgan fingerprint density at radius 3 is 2.93 bits per heavy atom. The molecule has 1 amide bonds. The predicted molar refractivity (Wildman–Crippen MR) is 56.8 cm³/mol. The average molecular weight is 204 g/mol. The SMILES string of the molecule is CC1C=CCN(C(=O)CC2(C#N)CC2)C1. The quantitative estimate of drug-likeness (QED) is 0.643. The Labute approximate surface area is 90.4 Å². The van der Waals surface area contributed by atoms with E-state index in [1.807, 2.05) is 11.0 Å². The van der Waals surface area contributed by atoms with Crippen molar-refractivity contribution >= 4 is 5.91 Å². The molecule has 15 heavy (non-hydrogen) atoms. The highest BCUT2D eigenvalue weighted by atomic mass is 16.2. The second kappa shape index (κ2) is 3.69. The van der Waals surface area contributed by atoms with Crippen molar-refractivity contribution in [2.75, 3.05) is 13.1 Å². The molecule has 0 bridgehead atoms. The molecule has 0 aromatic rings. The Bertz CT molecular complexity index is 336. The molecule has 0 aromatic carbocycles. The van der Waals surface area contributed by atoms with Gasteiger partial charge in [0.15, 0.2) is 0 Å². The number of hydrogen-bond acceptors (Lipinski definition) is 2. The zero-order chi connectivity index (χ0) is 10.9. The van der Waals surface area contributed by atoms with Crippen molar-refractivity contribution in [3.63, 3.8) is 0 Å². The molecule has 1 aliphatic carbocycles. The van der Waals surface area contributed by atoms with Crippen molar-refractivity contribution < 1.29 is 4.79 Å². The van der Waals surface area contributed by atoms with Gasteiger partial charge in [0.1, 0.15) is 0 Å². The number of amides is 1. The third-order valence-electron chi connectivity index (χ3n) is 3.23. The predicted octanol–water partition coefficient (Wildman–Crippen LogP) is 1.71. The lowest BCUT2D eigenvalue weighted by molar-refractivity contribution is -0.132. The van der Waals surface area contributed by atoms with E-state index in [9.17, 15) is 4.79 Å². The largest absolute Gasteiger partial charge is 0.338 e. The summed E-state index contributed by atoms with van der Waals surface area (Å²) in [5.41, 5.74) is -0.304. The van der Waals surface area contributed by atoms with Crippen LogP contribution in [-0.4, -0.2) is 23.9 Å². The maximum atomic E-state index is 11.9. The number of nitriles is 1. The van der Waals surface area contributed by atoms with Crippen molar-refractivity contribution in [3.8, 4) is 6.07 Å². The highest BCUT2D eigenvalue weighted by Crippen LogP contribution is 2.48. The summed E-state index contributed by atoms with van der Waals surface area (Å²) in [6.45, 7) is 3.62. The first-order valence-corrected chi connectivity index (χ1v) is 5.51. The molecule has 0 radical (unpaired) electrons. The summed E-state index contributed by atoms with van der Waals surface area (Å²) in [6.07, 6.45) is 6.39. The van der Waals surface area contributed by atoms with E-state index in [1.54, 1.807) is 0 Å². The first kappa shape index (κ1) is 10.2. The van der Waals surface area contributed by atoms with Gasteiger partial charge in [0.25, 0.3) is 0 Å². The number of carbonyl (C=O) groups is 1. The second-order valence-electron chi connectivity index (χ2n) is 4.77. The summed E-state index contributed by atoms with van der Waals surface area (Å²) in [7, 11) is 0. The topological polar surface area (TPSA) is 44.1 Å². The standard InChI is InChI=1S/C12H16N2O/c1-10-3-2-6-14(8-10)11(15)7-12(9-13)4-5-12/h2-3,10H,4-8H2,1H3. The van der Waals surface area contributed by atoms with E-state index >= 15 is 0 Å². The molecule has 1 fully saturated rings. The van der Waals surface area contributed by atoms with Crippen molar-refractivity contribution in [2.45, 2.75) is 26.2 Å². The van der Waals surface area contributed by atoms with Crippen LogP contribution in [-0.2, 0) is 4.79 Å². The molecule has 1 saturated carbocycles. The van der Waals surface area contributed by atoms with E-state index in [0.717, 1.165) is 19.4 Å². The Morgan fingerprint density at radius 1 is 1.67 bits per heavy atom. The lowest BCUT2D eigenvalue weighted by atomic mass is 10.0. The fraction of sp³-hybridized carbons (Fsp3) is 0.667. The van der Waals surface area contributed by atoms with Crippen molar-refractivity contribution in [1.29, 1.82) is 5.26 Å². The molecule has 2 rings (SSSR count). The van der Waals surface area contributed by atoms with Gasteiger partial charge in [-0.3, -0.25) is 4.79 Å². The fourth-order valence-electron chi connectivity index (χ4n) is 1.99. The van der Waals surface area contributed by atoms with Crippen LogP contribution in [0.15, 0.2) is 12.2 Å². The minimum absolute atomic E-state index is 0.144. The van der Waals surface area contributed by atoms with Crippen LogP contribution in [0.5, 0.6) is 0 Å². The number of carbonyl (C=O) groups excluding carboxylic acids is 1. The summed E-state index contributed by atoms with van der Waals surface area (Å²) in [6, 6.07) is 2.27. The summed E-state index contributed by atoms with van der Waals surface area (Å²) in [4.78, 5) is 13.8. The highest BCUT2D eigenvalue weighted by Gasteiger charge is 2.45. The van der Waals surface area contributed by atoms with Gasteiger partial charge >= 0.3 is 0 Å². The molecule has 80 valence electrons. The Hall–Kier alpha value is -1.30. The average Bonchev–Trinajstić information content (AvgIpc) is 2.98. The van der Waals surface area contributed by atoms with Gasteiger partial charge < -0.3 is 4.90 Å². The Balaban J connectivity index is 1.92. The zero-order valence-electron chi connectivity index (χ0n) is 9.07. The molecule has 0 N–H and O–H groups in total. The van der Waals surface area contributed by atoms with Crippen LogP contribution < -0.4 is 0 Å². The Kier molecular flexibility index (Phi) is 2.52. The van der Waals surface area contributed by atoms with E-state index in [1.165, 1.54) is 0 Å². The molecule has 2 aliphatic rings. The molecule has 1 atom stereocenters. The van der Waals surface area contributed by atoms with Crippen LogP contribution in [0.3, 0.4) is 0 Å². The van der Waals surface area contributed by atoms with Crippen LogP contribution in [0.2, 0.25) is 0 Å². The molecule has 3 nitrogen and oxygen atoms in total. The van der Waals surface area contributed by atoms with Crippen molar-refractivity contribution in [1.82, 2.24) is 4.90 Å². The highest BCUT2D eigenvalue weighted by molar-refractivity contribution is 5.78. The van der Waals surface area contributed by atoms with Gasteiger partial charge in [-0.05, 0) is 18.8 Å². The maximum Gasteiger partial charge on any atom is 0.224 e. The first-order valence-electron chi connectivity index (χ1n) is 5.51. The van der Waals surface area contributed by atoms with Gasteiger partial charge in [0, 0.05) is 19.5 Å². The third-order valence-corrected chi connectivity index (χ3v) is 3.23. The second-order valence-corrected chi connectivity index (χ2v) is 4.77. The molecule has 1 aliphatic heterocycles. The fourth-order valence-corrected chi connectivity index (χ4v) is 1.99. The van der Waals surface area contributed by atoms with E-state index in [4.69, 9.17) is 5.26 Å². The van der Waals surface area contributed by atoms with E-state index in [0.29, 0.717) is 18.9 Å². The van der Waals surface area contributed by atoms with E-state index in [2.05, 4.69) is 19.1 Å². The number of nitrogens with zero attached hydrogens (tertiary/aromatic N) is 2. The summed E-state index contributed by atoms with van der Waals surface area (Å²) in [5.74, 6) is 0.588. The van der Waals surface area contributed by atoms with Crippen molar-refractivity contribution in [3.05, 3.63) is 12.2 Å². The molecule has 0 aromatic heterocycles. The maximum absolute atomic E-state index is 11.9. The zero-order valence-corrected chi connectivity index (χ0v) is 9.07. The lowest BCUT2D eigenvalue weighted by Gasteiger charge is -2.27. The van der Waals surface area contributed by atoms with Crippen LogP contribution in [0.1, 0.15) is 26.2 Å². The molecule has 0 saturated heterocycles. The molecular weight excluding hydrogens is 188 g/mol. The summed E-state index contributed by atoms with van der Waals surface area (Å²) < 4.78 is 0. The van der Waals surface area contributed by atoms with Crippen molar-refractivity contribution in [2.24, 2.45) is 11.3 Å². The number of hydrogen-bond donors (Lipinski definition) is 0. The minimum atomic E-state index is -0.304. The van der Waals surface area contributed by atoms with E-state index < -0.39 is 0 Å². The molecular formula is C12H16N2O. The normalized spacial score (nSPS) is 27.2. The molecule has 1 heterocycles. The van der Waals surface area contributed by atoms with Crippen LogP contribution in [0.4, 0.5) is 0 Å². The smallest absolute Gasteiger partial charge is 0.224 e. The van der Waals surface area contributed by atoms with Gasteiger partial charge in [-0.1, -0.05) is 19.1 Å². The monoisotopic (exact) mass is 204 g/mol. The van der Waals surface area contributed by atoms with Crippen LogP contribution >= 0.6 is 0 Å². The van der Waals surface area contributed by atoms with E-state index in [-0.39, 0.29) is 11.3 Å². The molecule has 0 spiro atoms. The van der Waals surface area contributed by atoms with Gasteiger partial charge in [0.05, 0.1) is 11.5 Å². The summed E-state index contributed by atoms with van der Waals surface area (Å²) >= 11 is 0. The molecule has 3 heteroatoms. The number of rotatable bonds is 2. The van der Waals surface area contributed by atoms with Gasteiger partial charge in [0.2, 0.25) is 5.91 Å². The molecule has 1 unspecified atom stereocenters. The summed E-state index contributed by atoms with van der Waals surface area (Å²) in [5, 5.41) is 8.92. The first-order chi connectivity index (χ1) is 7.15. The van der Waals surface area contributed by atoms with Crippen LogP contribution in [0.25, 0.3) is 0 Å².